The van der Waals surface area contributed by atoms with Crippen LogP contribution in [0.25, 0.3) is 11.1 Å². The second kappa shape index (κ2) is 12.5. The van der Waals surface area contributed by atoms with Gasteiger partial charge in [0.05, 0.1) is 0 Å². The molecule has 3 aromatic carbocycles. The van der Waals surface area contributed by atoms with Gasteiger partial charge in [-0.3, -0.25) is 0 Å². The van der Waals surface area contributed by atoms with E-state index in [9.17, 15) is 8.78 Å². The first-order valence-electron chi connectivity index (χ1n) is 8.86. The maximum Gasteiger partial charge on any atom is -0.172 e. The standard InChI is InChI=1S/C13H7F2.C5H8.C5H5.2ClH.Zr/c14-10-1-3-12-8(6-10)5-9-7-11(15)2-4-13(9)12;2*1-2-4-5-3-1;;;/h1-4,6H,5H2;1-4H2;1-5H;2*1H;/q-1;;-1;;;+2/p-2. The number of hydrogen-bond acceptors (Lipinski definition) is 0. The van der Waals surface area contributed by atoms with E-state index in [-0.39, 0.29) is 36.4 Å². The summed E-state index contributed by atoms with van der Waals surface area (Å²) in [6, 6.07) is 20.4. The molecule has 1 saturated carbocycles. The number of halogens is 4. The Balaban J connectivity index is 0.000000252. The molecule has 0 nitrogen and oxygen atoms in total. The average Bonchev–Trinajstić information content (AvgIpc) is 3.37. The van der Waals surface area contributed by atoms with Crippen LogP contribution < -0.4 is 24.8 Å². The van der Waals surface area contributed by atoms with Crippen LogP contribution in [-0.2, 0) is 30.7 Å². The Morgan fingerprint density at radius 2 is 1.54 bits per heavy atom. The molecule has 0 spiro atoms. The van der Waals surface area contributed by atoms with Crippen LogP contribution in [0.15, 0.2) is 60.7 Å². The van der Waals surface area contributed by atoms with Gasteiger partial charge in [0.25, 0.3) is 0 Å². The van der Waals surface area contributed by atoms with Gasteiger partial charge < -0.3 is 24.8 Å². The molecular weight excluding hydrogens is 476 g/mol. The Morgan fingerprint density at radius 1 is 0.893 bits per heavy atom. The van der Waals surface area contributed by atoms with Gasteiger partial charge in [0.1, 0.15) is 5.82 Å². The molecule has 0 saturated heterocycles. The molecule has 3 aromatic rings. The minimum Gasteiger partial charge on any atom is -0.214 e. The predicted octanol–water partition coefficient (Wildman–Crippen LogP) is 0.0293. The molecule has 146 valence electrons. The second-order valence-corrected chi connectivity index (χ2v) is 8.19. The summed E-state index contributed by atoms with van der Waals surface area (Å²) >= 11 is 1.68. The minimum atomic E-state index is -0.359. The van der Waals surface area contributed by atoms with Crippen molar-refractivity contribution >= 4 is 3.21 Å². The summed E-state index contributed by atoms with van der Waals surface area (Å²) < 4.78 is 27.7. The topological polar surface area (TPSA) is 0 Å². The van der Waals surface area contributed by atoms with Crippen molar-refractivity contribution in [3.05, 3.63) is 89.5 Å². The molecule has 0 aliphatic heterocycles. The van der Waals surface area contributed by atoms with E-state index in [0.717, 1.165) is 22.3 Å². The van der Waals surface area contributed by atoms with E-state index < -0.39 is 0 Å². The summed E-state index contributed by atoms with van der Waals surface area (Å²) in [4.78, 5) is 0. The van der Waals surface area contributed by atoms with Crippen molar-refractivity contribution in [2.45, 2.75) is 32.1 Å². The Hall–Kier alpha value is -1.02. The van der Waals surface area contributed by atoms with Crippen molar-refractivity contribution in [3.8, 4) is 11.1 Å². The molecule has 1 fully saturated rings. The summed E-state index contributed by atoms with van der Waals surface area (Å²) in [7, 11) is 0. The third-order valence-corrected chi connectivity index (χ3v) is 5.71. The molecule has 0 amide bonds. The second-order valence-electron chi connectivity index (χ2n) is 6.45. The summed E-state index contributed by atoms with van der Waals surface area (Å²) in [6.45, 7) is 0. The SMILES string of the molecule is Fc1[c-]c2c(cc1)-c1ccc(F)cc1C2.[Cl-].[Cl-].[Zr+2]=[C]1CCCC1.c1cc[cH-]c1. The summed E-state index contributed by atoms with van der Waals surface area (Å²) in [5.74, 6) is -0.607. The molecule has 2 aliphatic carbocycles. The molecule has 0 heterocycles. The third-order valence-electron chi connectivity index (χ3n) is 4.48. The van der Waals surface area contributed by atoms with Gasteiger partial charge in [-0.15, -0.1) is 23.3 Å². The molecule has 5 heteroatoms. The molecular formula is C23H20Cl2F2Zr-2. The summed E-state index contributed by atoms with van der Waals surface area (Å²) in [5.41, 5.74) is 3.68. The van der Waals surface area contributed by atoms with E-state index in [1.165, 1.54) is 43.9 Å². The van der Waals surface area contributed by atoms with Gasteiger partial charge in [-0.2, -0.15) is 24.3 Å². The van der Waals surface area contributed by atoms with Crippen molar-refractivity contribution in [1.29, 1.82) is 0 Å². The van der Waals surface area contributed by atoms with Crippen LogP contribution in [0.2, 0.25) is 0 Å². The predicted molar refractivity (Wildman–Crippen MR) is 98.9 cm³/mol. The van der Waals surface area contributed by atoms with Gasteiger partial charge in [0.2, 0.25) is 0 Å². The van der Waals surface area contributed by atoms with Crippen LogP contribution in [-0.4, -0.2) is 3.21 Å². The number of benzene rings is 2. The van der Waals surface area contributed by atoms with E-state index in [4.69, 9.17) is 0 Å². The molecule has 5 rings (SSSR count). The summed E-state index contributed by atoms with van der Waals surface area (Å²) in [5, 5.41) is 0. The van der Waals surface area contributed by atoms with Crippen LogP contribution in [0.4, 0.5) is 8.78 Å². The summed E-state index contributed by atoms with van der Waals surface area (Å²) in [6.07, 6.45) is 6.40. The van der Waals surface area contributed by atoms with Gasteiger partial charge in [-0.1, -0.05) is 11.6 Å². The fraction of sp³-hybridized carbons (Fsp3) is 0.217. The number of rotatable bonds is 0. The fourth-order valence-corrected chi connectivity index (χ4v) is 4.06. The maximum absolute atomic E-state index is 13.0. The average molecular weight is 497 g/mol. The van der Waals surface area contributed by atoms with Crippen LogP contribution >= 0.6 is 0 Å². The zero-order chi connectivity index (χ0) is 18.4. The van der Waals surface area contributed by atoms with Gasteiger partial charge >= 0.3 is 53.1 Å². The third kappa shape index (κ3) is 7.10. The van der Waals surface area contributed by atoms with Crippen molar-refractivity contribution in [1.82, 2.24) is 0 Å². The van der Waals surface area contributed by atoms with Gasteiger partial charge in [-0.05, 0) is 24.1 Å². The van der Waals surface area contributed by atoms with Gasteiger partial charge in [0, 0.05) is 5.82 Å². The normalized spacial score (nSPS) is 12.9. The zero-order valence-electron chi connectivity index (χ0n) is 15.3. The molecule has 0 unspecified atom stereocenters. The smallest absolute Gasteiger partial charge is 0.172 e. The monoisotopic (exact) mass is 494 g/mol. The van der Waals surface area contributed by atoms with Crippen LogP contribution in [0.5, 0.6) is 0 Å². The van der Waals surface area contributed by atoms with Crippen LogP contribution in [0.1, 0.15) is 36.8 Å². The van der Waals surface area contributed by atoms with Crippen molar-refractivity contribution in [2.24, 2.45) is 0 Å². The Labute approximate surface area is 192 Å². The van der Waals surface area contributed by atoms with E-state index in [1.807, 2.05) is 30.3 Å². The van der Waals surface area contributed by atoms with Crippen LogP contribution in [0, 0.1) is 17.7 Å². The molecule has 28 heavy (non-hydrogen) atoms. The first-order chi connectivity index (χ1) is 12.6. The van der Waals surface area contributed by atoms with E-state index in [0.29, 0.717) is 6.42 Å². The van der Waals surface area contributed by atoms with Crippen molar-refractivity contribution in [3.63, 3.8) is 0 Å². The first-order valence-corrected chi connectivity index (χ1v) is 10.1. The Morgan fingerprint density at radius 3 is 2.07 bits per heavy atom. The molecule has 0 atom stereocenters. The maximum atomic E-state index is 13.0. The van der Waals surface area contributed by atoms with E-state index >= 15 is 0 Å². The molecule has 0 N–H and O–H groups in total. The molecule has 0 aromatic heterocycles. The first kappa shape index (κ1) is 25.0. The van der Waals surface area contributed by atoms with E-state index in [2.05, 4.69) is 6.07 Å². The molecule has 0 bridgehead atoms. The fourth-order valence-electron chi connectivity index (χ4n) is 3.19. The minimum absolute atomic E-state index is 0. The zero-order valence-corrected chi connectivity index (χ0v) is 19.3. The van der Waals surface area contributed by atoms with Crippen molar-refractivity contribution < 1.29 is 57.8 Å². The van der Waals surface area contributed by atoms with Gasteiger partial charge in [-0.25, -0.2) is 20.9 Å². The number of hydrogen-bond donors (Lipinski definition) is 0. The van der Waals surface area contributed by atoms with Crippen molar-refractivity contribution in [2.75, 3.05) is 0 Å². The largest absolute Gasteiger partial charge is 0.214 e. The van der Waals surface area contributed by atoms with Crippen LogP contribution in [0.3, 0.4) is 0 Å². The van der Waals surface area contributed by atoms with E-state index in [1.54, 1.807) is 39.6 Å². The molecule has 0 radical (unpaired) electrons. The Kier molecular flexibility index (Phi) is 11.2. The van der Waals surface area contributed by atoms with Gasteiger partial charge in [0.15, 0.2) is 0 Å². The number of fused-ring (bicyclic) bond motifs is 3. The molecule has 2 aliphatic rings. The quantitative estimate of drug-likeness (QED) is 0.302. The Bertz CT molecular complexity index is 802.